The van der Waals surface area contributed by atoms with Gasteiger partial charge in [0.05, 0.1) is 17.1 Å². The van der Waals surface area contributed by atoms with Crippen molar-refractivity contribution in [3.8, 4) is 16.9 Å². The maximum absolute atomic E-state index is 12.7. The van der Waals surface area contributed by atoms with Gasteiger partial charge in [-0.1, -0.05) is 72.4 Å². The Labute approximate surface area is 187 Å². The third-order valence-corrected chi connectivity index (χ3v) is 6.28. The molecule has 1 aromatic heterocycles. The summed E-state index contributed by atoms with van der Waals surface area (Å²) in [5, 5.41) is 3.83. The average molecular weight is 428 g/mol. The normalized spacial score (nSPS) is 10.8. The van der Waals surface area contributed by atoms with Gasteiger partial charge in [0.1, 0.15) is 0 Å². The predicted molar refractivity (Wildman–Crippen MR) is 129 cm³/mol. The lowest BCUT2D eigenvalue weighted by Crippen LogP contribution is -2.15. The number of benzene rings is 3. The third kappa shape index (κ3) is 4.72. The molecule has 0 aliphatic carbocycles. The quantitative estimate of drug-likeness (QED) is 0.373. The van der Waals surface area contributed by atoms with E-state index in [0.29, 0.717) is 0 Å². The number of amides is 1. The summed E-state index contributed by atoms with van der Waals surface area (Å²) in [5.41, 5.74) is 7.27. The molecule has 3 aromatic carbocycles. The van der Waals surface area contributed by atoms with Crippen LogP contribution >= 0.6 is 11.8 Å². The molecule has 1 heterocycles. The Kier molecular flexibility index (Phi) is 6.23. The Morgan fingerprint density at radius 2 is 1.61 bits per heavy atom. The van der Waals surface area contributed by atoms with Crippen LogP contribution in [-0.2, 0) is 4.79 Å². The first kappa shape index (κ1) is 20.9. The summed E-state index contributed by atoms with van der Waals surface area (Å²) < 4.78 is 2.08. The standard InChI is InChI=1S/C26H25N3OS/c1-18-11-9-14-22(20(18)3)27-25(30)17-31-26-28-23(21-12-5-4-6-13-21)16-29(26)24-15-8-7-10-19(24)2/h4-16H,17H2,1-3H3,(H,27,30). The van der Waals surface area contributed by atoms with Crippen LogP contribution in [0.4, 0.5) is 5.69 Å². The van der Waals surface area contributed by atoms with Gasteiger partial charge in [-0.05, 0) is 49.6 Å². The van der Waals surface area contributed by atoms with Gasteiger partial charge >= 0.3 is 0 Å². The molecule has 0 aliphatic heterocycles. The molecule has 0 aliphatic rings. The second-order valence-electron chi connectivity index (χ2n) is 7.52. The number of aromatic nitrogens is 2. The molecule has 4 rings (SSSR count). The minimum atomic E-state index is -0.0423. The maximum Gasteiger partial charge on any atom is 0.234 e. The fourth-order valence-electron chi connectivity index (χ4n) is 3.42. The smallest absolute Gasteiger partial charge is 0.234 e. The van der Waals surface area contributed by atoms with E-state index in [1.54, 1.807) is 0 Å². The van der Waals surface area contributed by atoms with Crippen molar-refractivity contribution in [3.05, 3.63) is 95.7 Å². The number of nitrogens with one attached hydrogen (secondary N) is 1. The van der Waals surface area contributed by atoms with Crippen molar-refractivity contribution in [2.75, 3.05) is 11.1 Å². The van der Waals surface area contributed by atoms with Gasteiger partial charge in [-0.15, -0.1) is 0 Å². The number of hydrogen-bond donors (Lipinski definition) is 1. The highest BCUT2D eigenvalue weighted by Crippen LogP contribution is 2.29. The van der Waals surface area contributed by atoms with Gasteiger partial charge < -0.3 is 5.32 Å². The zero-order valence-corrected chi connectivity index (χ0v) is 18.7. The highest BCUT2D eigenvalue weighted by Gasteiger charge is 2.15. The highest BCUT2D eigenvalue weighted by atomic mass is 32.2. The van der Waals surface area contributed by atoms with E-state index in [1.807, 2.05) is 80.7 Å². The largest absolute Gasteiger partial charge is 0.325 e. The third-order valence-electron chi connectivity index (χ3n) is 5.33. The molecular weight excluding hydrogens is 402 g/mol. The van der Waals surface area contributed by atoms with Gasteiger partial charge in [0.2, 0.25) is 5.91 Å². The number of imidazole rings is 1. The zero-order chi connectivity index (χ0) is 21.8. The molecule has 4 aromatic rings. The summed E-state index contributed by atoms with van der Waals surface area (Å²) >= 11 is 1.44. The van der Waals surface area contributed by atoms with Crippen LogP contribution in [0, 0.1) is 20.8 Å². The van der Waals surface area contributed by atoms with Gasteiger partial charge in [-0.25, -0.2) is 4.98 Å². The second kappa shape index (κ2) is 9.23. The molecule has 0 spiro atoms. The number of thioether (sulfide) groups is 1. The van der Waals surface area contributed by atoms with E-state index in [9.17, 15) is 4.79 Å². The number of anilines is 1. The van der Waals surface area contributed by atoms with E-state index in [0.717, 1.165) is 44.5 Å². The molecule has 0 fully saturated rings. The first-order valence-corrected chi connectivity index (χ1v) is 11.2. The SMILES string of the molecule is Cc1ccccc1-n1cc(-c2ccccc2)nc1SCC(=O)Nc1cccc(C)c1C. The lowest BCUT2D eigenvalue weighted by Gasteiger charge is -2.11. The molecule has 156 valence electrons. The molecule has 0 atom stereocenters. The van der Waals surface area contributed by atoms with E-state index in [4.69, 9.17) is 4.98 Å². The molecule has 31 heavy (non-hydrogen) atoms. The van der Waals surface area contributed by atoms with Gasteiger partial charge in [-0.3, -0.25) is 9.36 Å². The Morgan fingerprint density at radius 1 is 0.903 bits per heavy atom. The Bertz CT molecular complexity index is 1210. The summed E-state index contributed by atoms with van der Waals surface area (Å²) in [4.78, 5) is 17.5. The van der Waals surface area contributed by atoms with Gasteiger partial charge in [-0.2, -0.15) is 0 Å². The number of rotatable bonds is 6. The molecule has 1 N–H and O–H groups in total. The van der Waals surface area contributed by atoms with Crippen molar-refractivity contribution in [1.29, 1.82) is 0 Å². The number of para-hydroxylation sites is 1. The molecule has 1 amide bonds. The van der Waals surface area contributed by atoms with Crippen LogP contribution in [0.5, 0.6) is 0 Å². The van der Waals surface area contributed by atoms with Crippen LogP contribution in [0.25, 0.3) is 16.9 Å². The van der Waals surface area contributed by atoms with Crippen molar-refractivity contribution < 1.29 is 4.79 Å². The molecule has 0 saturated heterocycles. The highest BCUT2D eigenvalue weighted by molar-refractivity contribution is 7.99. The van der Waals surface area contributed by atoms with Crippen LogP contribution in [0.15, 0.2) is 84.1 Å². The molecule has 0 unspecified atom stereocenters. The Morgan fingerprint density at radius 3 is 2.39 bits per heavy atom. The van der Waals surface area contributed by atoms with Crippen molar-refractivity contribution in [3.63, 3.8) is 0 Å². The van der Waals surface area contributed by atoms with Crippen molar-refractivity contribution >= 4 is 23.4 Å². The molecule has 4 nitrogen and oxygen atoms in total. The molecule has 0 bridgehead atoms. The first-order valence-electron chi connectivity index (χ1n) is 10.2. The van der Waals surface area contributed by atoms with Crippen LogP contribution in [0.2, 0.25) is 0 Å². The number of aryl methyl sites for hydroxylation is 2. The van der Waals surface area contributed by atoms with E-state index in [1.165, 1.54) is 11.8 Å². The minimum absolute atomic E-state index is 0.0423. The minimum Gasteiger partial charge on any atom is -0.325 e. The number of nitrogens with zero attached hydrogens (tertiary/aromatic N) is 2. The topological polar surface area (TPSA) is 46.9 Å². The van der Waals surface area contributed by atoms with E-state index in [-0.39, 0.29) is 11.7 Å². The summed E-state index contributed by atoms with van der Waals surface area (Å²) in [6.45, 7) is 6.15. The lowest BCUT2D eigenvalue weighted by molar-refractivity contribution is -0.113. The van der Waals surface area contributed by atoms with E-state index >= 15 is 0 Å². The second-order valence-corrected chi connectivity index (χ2v) is 8.46. The monoisotopic (exact) mass is 427 g/mol. The van der Waals surface area contributed by atoms with E-state index in [2.05, 4.69) is 28.9 Å². The van der Waals surface area contributed by atoms with Gasteiger partial charge in [0, 0.05) is 17.4 Å². The van der Waals surface area contributed by atoms with Crippen LogP contribution < -0.4 is 5.32 Å². The van der Waals surface area contributed by atoms with Crippen LogP contribution in [-0.4, -0.2) is 21.2 Å². The summed E-state index contributed by atoms with van der Waals surface area (Å²) in [5.74, 6) is 0.240. The van der Waals surface area contributed by atoms with Crippen molar-refractivity contribution in [1.82, 2.24) is 9.55 Å². The fourth-order valence-corrected chi connectivity index (χ4v) is 4.21. The van der Waals surface area contributed by atoms with Gasteiger partial charge in [0.25, 0.3) is 0 Å². The zero-order valence-electron chi connectivity index (χ0n) is 17.9. The van der Waals surface area contributed by atoms with Crippen molar-refractivity contribution in [2.45, 2.75) is 25.9 Å². The molecular formula is C26H25N3OS. The first-order chi connectivity index (χ1) is 15.0. The number of hydrogen-bond acceptors (Lipinski definition) is 3. The van der Waals surface area contributed by atoms with Gasteiger partial charge in [0.15, 0.2) is 5.16 Å². The Hall–Kier alpha value is -3.31. The number of carbonyl (C=O) groups excluding carboxylic acids is 1. The summed E-state index contributed by atoms with van der Waals surface area (Å²) in [7, 11) is 0. The lowest BCUT2D eigenvalue weighted by atomic mass is 10.1. The average Bonchev–Trinajstić information content (AvgIpc) is 3.20. The fraction of sp³-hybridized carbons (Fsp3) is 0.154. The van der Waals surface area contributed by atoms with Crippen molar-refractivity contribution in [2.24, 2.45) is 0 Å². The Balaban J connectivity index is 1.59. The molecule has 5 heteroatoms. The summed E-state index contributed by atoms with van der Waals surface area (Å²) in [6, 6.07) is 24.3. The van der Waals surface area contributed by atoms with Crippen LogP contribution in [0.3, 0.4) is 0 Å². The summed E-state index contributed by atoms with van der Waals surface area (Å²) in [6.07, 6.45) is 2.04. The molecule has 0 saturated carbocycles. The maximum atomic E-state index is 12.7. The van der Waals surface area contributed by atoms with E-state index < -0.39 is 0 Å². The number of carbonyl (C=O) groups is 1. The van der Waals surface area contributed by atoms with Crippen LogP contribution in [0.1, 0.15) is 16.7 Å². The molecule has 0 radical (unpaired) electrons. The predicted octanol–water partition coefficient (Wildman–Crippen LogP) is 6.20.